The van der Waals surface area contributed by atoms with E-state index in [1.54, 1.807) is 47.4 Å². The van der Waals surface area contributed by atoms with Gasteiger partial charge in [0, 0.05) is 18.8 Å². The van der Waals surface area contributed by atoms with Gasteiger partial charge in [-0.1, -0.05) is 6.07 Å². The van der Waals surface area contributed by atoms with Crippen molar-refractivity contribution in [3.05, 3.63) is 53.9 Å². The number of pyridine rings is 1. The summed E-state index contributed by atoms with van der Waals surface area (Å²) in [4.78, 5) is 31.2. The van der Waals surface area contributed by atoms with Crippen LogP contribution in [0.3, 0.4) is 0 Å². The molecule has 6 heteroatoms. The van der Waals surface area contributed by atoms with Crippen LogP contribution in [-0.4, -0.2) is 40.9 Å². The lowest BCUT2D eigenvalue weighted by atomic mass is 10.1. The minimum atomic E-state index is -0.346. The van der Waals surface area contributed by atoms with Gasteiger partial charge in [-0.25, -0.2) is 4.98 Å². The van der Waals surface area contributed by atoms with Crippen molar-refractivity contribution in [3.63, 3.8) is 0 Å². The van der Waals surface area contributed by atoms with Crippen molar-refractivity contribution in [1.82, 2.24) is 9.88 Å². The van der Waals surface area contributed by atoms with Gasteiger partial charge in [0.05, 0.1) is 6.10 Å². The van der Waals surface area contributed by atoms with E-state index >= 15 is 0 Å². The van der Waals surface area contributed by atoms with E-state index in [4.69, 9.17) is 4.74 Å². The Morgan fingerprint density at radius 2 is 1.67 bits per heavy atom. The van der Waals surface area contributed by atoms with E-state index in [-0.39, 0.29) is 23.6 Å². The molecular weight excluding hydrogens is 342 g/mol. The molecule has 0 aliphatic carbocycles. The van der Waals surface area contributed by atoms with E-state index in [1.807, 2.05) is 13.8 Å². The first kappa shape index (κ1) is 18.9. The van der Waals surface area contributed by atoms with Gasteiger partial charge in [0.2, 0.25) is 0 Å². The molecule has 2 heterocycles. The quantitative estimate of drug-likeness (QED) is 0.874. The minimum absolute atomic E-state index is 0.0924. The number of likely N-dealkylation sites (tertiary alicyclic amines) is 1. The van der Waals surface area contributed by atoms with Crippen molar-refractivity contribution in [1.29, 1.82) is 0 Å². The zero-order chi connectivity index (χ0) is 19.2. The summed E-state index contributed by atoms with van der Waals surface area (Å²) in [7, 11) is 0. The molecule has 0 saturated carbocycles. The number of aromatic nitrogens is 1. The van der Waals surface area contributed by atoms with E-state index in [1.165, 1.54) is 0 Å². The lowest BCUT2D eigenvalue weighted by molar-refractivity contribution is 0.0718. The van der Waals surface area contributed by atoms with Gasteiger partial charge >= 0.3 is 0 Å². The van der Waals surface area contributed by atoms with Crippen LogP contribution in [0.2, 0.25) is 0 Å². The summed E-state index contributed by atoms with van der Waals surface area (Å²) in [5, 5.41) is 2.80. The first-order chi connectivity index (χ1) is 13.0. The van der Waals surface area contributed by atoms with Gasteiger partial charge < -0.3 is 15.0 Å². The normalized spacial score (nSPS) is 14.1. The Hall–Kier alpha value is -2.89. The molecule has 0 spiro atoms. The number of amides is 2. The van der Waals surface area contributed by atoms with Crippen LogP contribution < -0.4 is 10.1 Å². The van der Waals surface area contributed by atoms with E-state index in [2.05, 4.69) is 10.3 Å². The van der Waals surface area contributed by atoms with Crippen LogP contribution in [0.4, 0.5) is 5.69 Å². The Kier molecular flexibility index (Phi) is 6.06. The van der Waals surface area contributed by atoms with Crippen molar-refractivity contribution < 1.29 is 14.3 Å². The maximum atomic E-state index is 12.6. The summed E-state index contributed by atoms with van der Waals surface area (Å²) in [5.41, 5.74) is 1.18. The molecule has 1 aliphatic heterocycles. The number of ether oxygens (including phenoxy) is 1. The number of rotatable bonds is 5. The Morgan fingerprint density at radius 3 is 2.33 bits per heavy atom. The number of hydrogen-bond acceptors (Lipinski definition) is 4. The van der Waals surface area contributed by atoms with Gasteiger partial charge in [0.1, 0.15) is 17.1 Å². The molecule has 1 aromatic carbocycles. The molecule has 1 aliphatic rings. The lowest BCUT2D eigenvalue weighted by Gasteiger charge is -2.26. The smallest absolute Gasteiger partial charge is 0.274 e. The number of carbonyl (C=O) groups is 2. The summed E-state index contributed by atoms with van der Waals surface area (Å²) in [6, 6.07) is 12.1. The highest BCUT2D eigenvalue weighted by Gasteiger charge is 2.20. The molecule has 3 rings (SSSR count). The highest BCUT2D eigenvalue weighted by Crippen LogP contribution is 2.18. The first-order valence-electron chi connectivity index (χ1n) is 9.37. The highest BCUT2D eigenvalue weighted by atomic mass is 16.5. The second-order valence-corrected chi connectivity index (χ2v) is 6.91. The van der Waals surface area contributed by atoms with Gasteiger partial charge in [-0.3, -0.25) is 9.59 Å². The van der Waals surface area contributed by atoms with E-state index < -0.39 is 0 Å². The van der Waals surface area contributed by atoms with Crippen LogP contribution in [-0.2, 0) is 0 Å². The van der Waals surface area contributed by atoms with Gasteiger partial charge in [0.25, 0.3) is 11.8 Å². The standard InChI is InChI=1S/C21H25N3O3/c1-15(2)27-17-11-9-16(10-12-17)22-20(25)18-7-6-8-19(23-18)21(26)24-13-4-3-5-14-24/h6-12,15H,3-5,13-14H2,1-2H3,(H,22,25). The number of benzene rings is 1. The summed E-state index contributed by atoms with van der Waals surface area (Å²) in [6.45, 7) is 5.42. The maximum Gasteiger partial charge on any atom is 0.274 e. The molecular formula is C21H25N3O3. The van der Waals surface area contributed by atoms with Crippen molar-refractivity contribution >= 4 is 17.5 Å². The van der Waals surface area contributed by atoms with Crippen molar-refractivity contribution in [2.24, 2.45) is 0 Å². The molecule has 1 aromatic heterocycles. The average Bonchev–Trinajstić information content (AvgIpc) is 2.69. The summed E-state index contributed by atoms with van der Waals surface area (Å²) >= 11 is 0. The Balaban J connectivity index is 1.67. The van der Waals surface area contributed by atoms with Crippen LogP contribution in [0, 0.1) is 0 Å². The van der Waals surface area contributed by atoms with Crippen molar-refractivity contribution in [2.75, 3.05) is 18.4 Å². The van der Waals surface area contributed by atoms with Crippen LogP contribution in [0.1, 0.15) is 54.1 Å². The summed E-state index contributed by atoms with van der Waals surface area (Å²) in [5.74, 6) is 0.288. The number of nitrogens with zero attached hydrogens (tertiary/aromatic N) is 2. The molecule has 1 saturated heterocycles. The Labute approximate surface area is 159 Å². The lowest BCUT2D eigenvalue weighted by Crippen LogP contribution is -2.36. The molecule has 0 radical (unpaired) electrons. The zero-order valence-corrected chi connectivity index (χ0v) is 15.8. The number of nitrogens with one attached hydrogen (secondary N) is 1. The van der Waals surface area contributed by atoms with Crippen molar-refractivity contribution in [3.8, 4) is 5.75 Å². The number of hydrogen-bond donors (Lipinski definition) is 1. The number of carbonyl (C=O) groups excluding carboxylic acids is 2. The third-order valence-electron chi connectivity index (χ3n) is 4.33. The molecule has 1 fully saturated rings. The second kappa shape index (κ2) is 8.66. The SMILES string of the molecule is CC(C)Oc1ccc(NC(=O)c2cccc(C(=O)N3CCCCC3)n2)cc1. The molecule has 0 atom stereocenters. The Morgan fingerprint density at radius 1 is 1.00 bits per heavy atom. The fraction of sp³-hybridized carbons (Fsp3) is 0.381. The third kappa shape index (κ3) is 5.06. The van der Waals surface area contributed by atoms with Crippen LogP contribution >= 0.6 is 0 Å². The summed E-state index contributed by atoms with van der Waals surface area (Å²) in [6.07, 6.45) is 3.28. The monoisotopic (exact) mass is 367 g/mol. The number of anilines is 1. The fourth-order valence-corrected chi connectivity index (χ4v) is 3.02. The molecule has 27 heavy (non-hydrogen) atoms. The summed E-state index contributed by atoms with van der Waals surface area (Å²) < 4.78 is 5.59. The largest absolute Gasteiger partial charge is 0.491 e. The van der Waals surface area contributed by atoms with Gasteiger partial charge in [-0.05, 0) is 69.5 Å². The molecule has 2 amide bonds. The predicted octanol–water partition coefficient (Wildman–Crippen LogP) is 3.75. The maximum absolute atomic E-state index is 12.6. The number of piperidine rings is 1. The molecule has 0 unspecified atom stereocenters. The van der Waals surface area contributed by atoms with Gasteiger partial charge in [0.15, 0.2) is 0 Å². The highest BCUT2D eigenvalue weighted by molar-refractivity contribution is 6.03. The van der Waals surface area contributed by atoms with E-state index in [9.17, 15) is 9.59 Å². The molecule has 6 nitrogen and oxygen atoms in total. The Bertz CT molecular complexity index is 797. The topological polar surface area (TPSA) is 71.5 Å². The van der Waals surface area contributed by atoms with E-state index in [0.717, 1.165) is 38.1 Å². The van der Waals surface area contributed by atoms with E-state index in [0.29, 0.717) is 11.4 Å². The molecule has 0 bridgehead atoms. The van der Waals surface area contributed by atoms with Crippen LogP contribution in [0.5, 0.6) is 5.75 Å². The van der Waals surface area contributed by atoms with Crippen LogP contribution in [0.25, 0.3) is 0 Å². The van der Waals surface area contributed by atoms with Gasteiger partial charge in [-0.15, -0.1) is 0 Å². The fourth-order valence-electron chi connectivity index (χ4n) is 3.02. The second-order valence-electron chi connectivity index (χ2n) is 6.91. The molecule has 1 N–H and O–H groups in total. The minimum Gasteiger partial charge on any atom is -0.491 e. The average molecular weight is 367 g/mol. The molecule has 2 aromatic rings. The van der Waals surface area contributed by atoms with Crippen molar-refractivity contribution in [2.45, 2.75) is 39.2 Å². The first-order valence-corrected chi connectivity index (χ1v) is 9.37. The zero-order valence-electron chi connectivity index (χ0n) is 15.8. The molecule has 142 valence electrons. The third-order valence-corrected chi connectivity index (χ3v) is 4.33. The van der Waals surface area contributed by atoms with Crippen LogP contribution in [0.15, 0.2) is 42.5 Å². The van der Waals surface area contributed by atoms with Gasteiger partial charge in [-0.2, -0.15) is 0 Å². The predicted molar refractivity (Wildman–Crippen MR) is 104 cm³/mol.